The second-order valence-electron chi connectivity index (χ2n) is 4.10. The lowest BCUT2D eigenvalue weighted by Gasteiger charge is -2.01. The quantitative estimate of drug-likeness (QED) is 0.822. The number of aryl methyl sites for hydroxylation is 1. The number of rotatable bonds is 1. The van der Waals surface area contributed by atoms with Crippen LogP contribution in [0.5, 0.6) is 0 Å². The van der Waals surface area contributed by atoms with Crippen molar-refractivity contribution < 1.29 is 8.78 Å². The predicted molar refractivity (Wildman–Crippen MR) is 60.8 cm³/mol. The van der Waals surface area contributed by atoms with Gasteiger partial charge in [-0.15, -0.1) is 0 Å². The van der Waals surface area contributed by atoms with Gasteiger partial charge in [0.25, 0.3) is 0 Å². The van der Waals surface area contributed by atoms with E-state index in [1.807, 2.05) is 7.05 Å². The van der Waals surface area contributed by atoms with Gasteiger partial charge in [-0.1, -0.05) is 0 Å². The van der Waals surface area contributed by atoms with Crippen molar-refractivity contribution in [3.8, 4) is 11.3 Å². The van der Waals surface area contributed by atoms with Gasteiger partial charge >= 0.3 is 0 Å². The van der Waals surface area contributed by atoms with E-state index in [1.54, 1.807) is 4.68 Å². The molecule has 0 saturated carbocycles. The number of anilines is 1. The Morgan fingerprint density at radius 2 is 2.18 bits per heavy atom. The zero-order chi connectivity index (χ0) is 12.0. The van der Waals surface area contributed by atoms with Gasteiger partial charge in [-0.25, -0.2) is 8.78 Å². The highest BCUT2D eigenvalue weighted by atomic mass is 19.1. The van der Waals surface area contributed by atoms with Crippen LogP contribution in [0.2, 0.25) is 0 Å². The van der Waals surface area contributed by atoms with E-state index in [2.05, 4.69) is 10.4 Å². The first kappa shape index (κ1) is 10.3. The average Bonchev–Trinajstić information content (AvgIpc) is 2.84. The Morgan fingerprint density at radius 3 is 2.94 bits per heavy atom. The molecule has 0 spiro atoms. The van der Waals surface area contributed by atoms with Gasteiger partial charge in [0.2, 0.25) is 0 Å². The maximum atomic E-state index is 13.7. The van der Waals surface area contributed by atoms with Crippen LogP contribution >= 0.6 is 0 Å². The first-order chi connectivity index (χ1) is 8.16. The van der Waals surface area contributed by atoms with Crippen LogP contribution in [0.1, 0.15) is 5.56 Å². The molecule has 0 bridgehead atoms. The van der Waals surface area contributed by atoms with Gasteiger partial charge in [0.05, 0.1) is 0 Å². The van der Waals surface area contributed by atoms with Gasteiger partial charge in [0.15, 0.2) is 0 Å². The fraction of sp³-hybridized carbons (Fsp3) is 0.250. The summed E-state index contributed by atoms with van der Waals surface area (Å²) in [6, 6.07) is 3.58. The summed E-state index contributed by atoms with van der Waals surface area (Å²) in [6.07, 6.45) is 0.815. The van der Waals surface area contributed by atoms with Crippen molar-refractivity contribution in [3.05, 3.63) is 35.4 Å². The van der Waals surface area contributed by atoms with Crippen molar-refractivity contribution in [1.29, 1.82) is 0 Å². The Morgan fingerprint density at radius 1 is 1.35 bits per heavy atom. The Kier molecular flexibility index (Phi) is 2.14. The molecule has 0 saturated heterocycles. The molecule has 2 aromatic rings. The standard InChI is InChI=1S/C12H11F2N3/c1-17-12-9(4-5-15-12)11(16-17)8-3-2-7(13)6-10(8)14/h2-3,6,15H,4-5H2,1H3. The number of nitrogens with zero attached hydrogens (tertiary/aromatic N) is 2. The second kappa shape index (κ2) is 3.55. The van der Waals surface area contributed by atoms with Crippen LogP contribution < -0.4 is 5.32 Å². The number of nitrogens with one attached hydrogen (secondary N) is 1. The summed E-state index contributed by atoms with van der Waals surface area (Å²) < 4.78 is 28.3. The summed E-state index contributed by atoms with van der Waals surface area (Å²) in [5.41, 5.74) is 1.95. The van der Waals surface area contributed by atoms with Crippen LogP contribution in [0, 0.1) is 11.6 Å². The highest BCUT2D eigenvalue weighted by molar-refractivity contribution is 5.71. The molecule has 0 fully saturated rings. The molecular weight excluding hydrogens is 224 g/mol. The Labute approximate surface area is 97.1 Å². The van der Waals surface area contributed by atoms with E-state index in [9.17, 15) is 8.78 Å². The molecule has 0 aliphatic carbocycles. The highest BCUT2D eigenvalue weighted by Gasteiger charge is 2.23. The lowest BCUT2D eigenvalue weighted by Crippen LogP contribution is -2.01. The molecule has 0 radical (unpaired) electrons. The molecule has 1 aliphatic heterocycles. The van der Waals surface area contributed by atoms with Gasteiger partial charge in [-0.3, -0.25) is 4.68 Å². The van der Waals surface area contributed by atoms with Crippen molar-refractivity contribution in [2.45, 2.75) is 6.42 Å². The van der Waals surface area contributed by atoms with E-state index in [1.165, 1.54) is 12.1 Å². The van der Waals surface area contributed by atoms with Crippen LogP contribution in [-0.4, -0.2) is 16.3 Å². The normalized spacial score (nSPS) is 13.6. The average molecular weight is 235 g/mol. The molecule has 3 rings (SSSR count). The first-order valence-corrected chi connectivity index (χ1v) is 5.42. The molecule has 1 N–H and O–H groups in total. The molecule has 5 heteroatoms. The third-order valence-electron chi connectivity index (χ3n) is 3.00. The molecule has 0 unspecified atom stereocenters. The molecule has 0 amide bonds. The number of hydrogen-bond donors (Lipinski definition) is 1. The van der Waals surface area contributed by atoms with Gasteiger partial charge < -0.3 is 5.32 Å². The number of hydrogen-bond acceptors (Lipinski definition) is 2. The van der Waals surface area contributed by atoms with E-state index in [0.717, 1.165) is 30.4 Å². The maximum absolute atomic E-state index is 13.7. The third kappa shape index (κ3) is 1.50. The molecule has 1 aliphatic rings. The van der Waals surface area contributed by atoms with Gasteiger partial charge in [0.1, 0.15) is 23.1 Å². The molecule has 0 atom stereocenters. The maximum Gasteiger partial charge on any atom is 0.135 e. The van der Waals surface area contributed by atoms with Crippen LogP contribution in [0.3, 0.4) is 0 Å². The van der Waals surface area contributed by atoms with Crippen molar-refractivity contribution >= 4 is 5.82 Å². The topological polar surface area (TPSA) is 29.9 Å². The van der Waals surface area contributed by atoms with Gasteiger partial charge in [0, 0.05) is 30.8 Å². The van der Waals surface area contributed by atoms with Crippen molar-refractivity contribution in [1.82, 2.24) is 9.78 Å². The van der Waals surface area contributed by atoms with E-state index in [-0.39, 0.29) is 0 Å². The minimum absolute atomic E-state index is 0.354. The van der Waals surface area contributed by atoms with Crippen LogP contribution in [0.25, 0.3) is 11.3 Å². The molecular formula is C12H11F2N3. The van der Waals surface area contributed by atoms with Crippen molar-refractivity contribution in [2.24, 2.45) is 7.05 Å². The Balaban J connectivity index is 2.19. The first-order valence-electron chi connectivity index (χ1n) is 5.42. The lowest BCUT2D eigenvalue weighted by molar-refractivity contribution is 0.585. The lowest BCUT2D eigenvalue weighted by atomic mass is 10.1. The minimum Gasteiger partial charge on any atom is -0.370 e. The molecule has 17 heavy (non-hydrogen) atoms. The number of benzene rings is 1. The van der Waals surface area contributed by atoms with Crippen LogP contribution in [-0.2, 0) is 13.5 Å². The summed E-state index contributed by atoms with van der Waals surface area (Å²) >= 11 is 0. The number of aromatic nitrogens is 2. The van der Waals surface area contributed by atoms with E-state index < -0.39 is 11.6 Å². The van der Waals surface area contributed by atoms with E-state index in [4.69, 9.17) is 0 Å². The largest absolute Gasteiger partial charge is 0.370 e. The number of fused-ring (bicyclic) bond motifs is 1. The monoisotopic (exact) mass is 235 g/mol. The van der Waals surface area contributed by atoms with Crippen LogP contribution in [0.4, 0.5) is 14.6 Å². The van der Waals surface area contributed by atoms with Gasteiger partial charge in [-0.2, -0.15) is 5.10 Å². The summed E-state index contributed by atoms with van der Waals surface area (Å²) in [5.74, 6) is -0.224. The zero-order valence-corrected chi connectivity index (χ0v) is 9.30. The van der Waals surface area contributed by atoms with E-state index in [0.29, 0.717) is 11.3 Å². The summed E-state index contributed by atoms with van der Waals surface area (Å²) in [6.45, 7) is 0.830. The third-order valence-corrected chi connectivity index (χ3v) is 3.00. The molecule has 2 heterocycles. The second-order valence-corrected chi connectivity index (χ2v) is 4.10. The predicted octanol–water partition coefficient (Wildman–Crippen LogP) is 2.33. The summed E-state index contributed by atoms with van der Waals surface area (Å²) in [7, 11) is 1.81. The van der Waals surface area contributed by atoms with Crippen molar-refractivity contribution in [2.75, 3.05) is 11.9 Å². The van der Waals surface area contributed by atoms with Crippen LogP contribution in [0.15, 0.2) is 18.2 Å². The van der Waals surface area contributed by atoms with Crippen molar-refractivity contribution in [3.63, 3.8) is 0 Å². The highest BCUT2D eigenvalue weighted by Crippen LogP contribution is 2.33. The fourth-order valence-electron chi connectivity index (χ4n) is 2.23. The summed E-state index contributed by atoms with van der Waals surface area (Å²) in [4.78, 5) is 0. The molecule has 3 nitrogen and oxygen atoms in total. The SMILES string of the molecule is Cn1nc(-c2ccc(F)cc2F)c2c1NCC2. The van der Waals surface area contributed by atoms with Gasteiger partial charge in [-0.05, 0) is 18.6 Å². The summed E-state index contributed by atoms with van der Waals surface area (Å²) in [5, 5.41) is 7.48. The molecule has 1 aromatic heterocycles. The van der Waals surface area contributed by atoms with E-state index >= 15 is 0 Å². The number of halogens is 2. The molecule has 88 valence electrons. The minimum atomic E-state index is -0.572. The Hall–Kier alpha value is -1.91. The smallest absolute Gasteiger partial charge is 0.135 e. The Bertz CT molecular complexity index is 590. The molecule has 1 aromatic carbocycles. The zero-order valence-electron chi connectivity index (χ0n) is 9.30. The fourth-order valence-corrected chi connectivity index (χ4v) is 2.23.